The Balaban J connectivity index is 2.33. The third-order valence-electron chi connectivity index (χ3n) is 3.09. The van der Waals surface area contributed by atoms with E-state index in [0.29, 0.717) is 0 Å². The molecule has 5 heteroatoms. The lowest BCUT2D eigenvalue weighted by molar-refractivity contribution is -0.142. The van der Waals surface area contributed by atoms with Crippen molar-refractivity contribution in [3.8, 4) is 0 Å². The lowest BCUT2D eigenvalue weighted by atomic mass is 9.81. The van der Waals surface area contributed by atoms with Crippen molar-refractivity contribution >= 4 is 5.97 Å². The lowest BCUT2D eigenvalue weighted by Crippen LogP contribution is -2.23. The van der Waals surface area contributed by atoms with E-state index >= 15 is 0 Å². The molecule has 0 radical (unpaired) electrons. The Morgan fingerprint density at radius 3 is 3.00 bits per heavy atom. The Hall–Kier alpha value is -1.39. The van der Waals surface area contributed by atoms with Crippen molar-refractivity contribution in [2.24, 2.45) is 13.0 Å². The van der Waals surface area contributed by atoms with E-state index in [1.54, 1.807) is 14.0 Å². The van der Waals surface area contributed by atoms with Crippen LogP contribution in [-0.2, 0) is 18.3 Å². The van der Waals surface area contributed by atoms with Crippen LogP contribution in [0.1, 0.15) is 37.1 Å². The highest BCUT2D eigenvalue weighted by Gasteiger charge is 2.32. The number of carboxylic acids is 1. The predicted molar refractivity (Wildman–Crippen MR) is 53.5 cm³/mol. The first-order chi connectivity index (χ1) is 7.09. The molecule has 0 saturated carbocycles. The number of carboxylic acid groups (broad SMARTS) is 1. The second-order valence-corrected chi connectivity index (χ2v) is 4.15. The number of aliphatic carboxylic acids is 1. The summed E-state index contributed by atoms with van der Waals surface area (Å²) in [4.78, 5) is 12.5. The second kappa shape index (κ2) is 3.64. The van der Waals surface area contributed by atoms with Crippen molar-refractivity contribution in [1.82, 2.24) is 15.0 Å². The molecule has 1 aliphatic carbocycles. The van der Waals surface area contributed by atoms with Gasteiger partial charge in [-0.15, -0.1) is 0 Å². The highest BCUT2D eigenvalue weighted by atomic mass is 16.4. The molecule has 15 heavy (non-hydrogen) atoms. The van der Waals surface area contributed by atoms with Crippen LogP contribution in [0, 0.1) is 5.92 Å². The van der Waals surface area contributed by atoms with Gasteiger partial charge in [-0.1, -0.05) is 6.92 Å². The minimum Gasteiger partial charge on any atom is -0.481 e. The van der Waals surface area contributed by atoms with Crippen LogP contribution < -0.4 is 0 Å². The molecule has 2 atom stereocenters. The Kier molecular flexibility index (Phi) is 2.46. The van der Waals surface area contributed by atoms with Gasteiger partial charge >= 0.3 is 5.97 Å². The molecule has 0 fully saturated rings. The van der Waals surface area contributed by atoms with Gasteiger partial charge in [0.05, 0.1) is 17.3 Å². The van der Waals surface area contributed by atoms with E-state index in [1.165, 1.54) is 4.80 Å². The summed E-state index contributed by atoms with van der Waals surface area (Å²) in [6.07, 6.45) is 2.83. The number of rotatable bonds is 2. The van der Waals surface area contributed by atoms with Gasteiger partial charge in [0.25, 0.3) is 0 Å². The summed E-state index contributed by atoms with van der Waals surface area (Å²) in [6, 6.07) is 0. The quantitative estimate of drug-likeness (QED) is 0.787. The topological polar surface area (TPSA) is 68.0 Å². The maximum Gasteiger partial charge on any atom is 0.306 e. The van der Waals surface area contributed by atoms with Gasteiger partial charge in [-0.05, 0) is 19.3 Å². The fourth-order valence-electron chi connectivity index (χ4n) is 2.21. The van der Waals surface area contributed by atoms with Crippen LogP contribution in [0.15, 0.2) is 0 Å². The highest BCUT2D eigenvalue weighted by Crippen LogP contribution is 2.34. The third-order valence-corrected chi connectivity index (χ3v) is 3.09. The largest absolute Gasteiger partial charge is 0.481 e. The number of aryl methyl sites for hydroxylation is 2. The molecule has 1 N–H and O–H groups in total. The van der Waals surface area contributed by atoms with Crippen LogP contribution in [0.3, 0.4) is 0 Å². The van der Waals surface area contributed by atoms with Gasteiger partial charge in [0.15, 0.2) is 0 Å². The standard InChI is InChI=1S/C10H15N3O2/c1-6(10(14)15)7-4-3-5-8-9(7)12-13(2)11-8/h6-7H,3-5H2,1-2H3,(H,14,15). The van der Waals surface area contributed by atoms with Gasteiger partial charge < -0.3 is 5.11 Å². The van der Waals surface area contributed by atoms with Crippen molar-refractivity contribution in [1.29, 1.82) is 0 Å². The number of nitrogens with zero attached hydrogens (tertiary/aromatic N) is 3. The van der Waals surface area contributed by atoms with Gasteiger partial charge in [0.2, 0.25) is 0 Å². The fraction of sp³-hybridized carbons (Fsp3) is 0.700. The summed E-state index contributed by atoms with van der Waals surface area (Å²) in [7, 11) is 1.78. The number of fused-ring (bicyclic) bond motifs is 1. The van der Waals surface area contributed by atoms with E-state index in [0.717, 1.165) is 30.7 Å². The lowest BCUT2D eigenvalue weighted by Gasteiger charge is -2.23. The molecule has 82 valence electrons. The summed E-state index contributed by atoms with van der Waals surface area (Å²) < 4.78 is 0. The average molecular weight is 209 g/mol. The van der Waals surface area contributed by atoms with E-state index < -0.39 is 5.97 Å². The molecule has 0 aliphatic heterocycles. The molecule has 0 aromatic carbocycles. The van der Waals surface area contributed by atoms with Crippen LogP contribution in [0.5, 0.6) is 0 Å². The number of carbonyl (C=O) groups is 1. The zero-order valence-electron chi connectivity index (χ0n) is 8.97. The van der Waals surface area contributed by atoms with E-state index in [9.17, 15) is 4.79 Å². The van der Waals surface area contributed by atoms with Crippen LogP contribution in [-0.4, -0.2) is 26.1 Å². The Bertz CT molecular complexity index is 386. The zero-order chi connectivity index (χ0) is 11.0. The monoisotopic (exact) mass is 209 g/mol. The Labute approximate surface area is 88.1 Å². The van der Waals surface area contributed by atoms with Crippen LogP contribution in [0.2, 0.25) is 0 Å². The molecule has 1 aliphatic rings. The first-order valence-corrected chi connectivity index (χ1v) is 5.22. The molecular weight excluding hydrogens is 194 g/mol. The number of hydrogen-bond donors (Lipinski definition) is 1. The molecular formula is C10H15N3O2. The first-order valence-electron chi connectivity index (χ1n) is 5.22. The van der Waals surface area contributed by atoms with Crippen LogP contribution in [0.25, 0.3) is 0 Å². The number of aromatic nitrogens is 3. The first kappa shape index (κ1) is 10.1. The maximum atomic E-state index is 11.0. The average Bonchev–Trinajstić information content (AvgIpc) is 2.56. The molecule has 1 aromatic heterocycles. The van der Waals surface area contributed by atoms with Crippen molar-refractivity contribution in [3.63, 3.8) is 0 Å². The molecule has 0 spiro atoms. The Morgan fingerprint density at radius 2 is 2.33 bits per heavy atom. The normalized spacial score (nSPS) is 22.1. The molecule has 1 heterocycles. The van der Waals surface area contributed by atoms with Gasteiger partial charge in [-0.3, -0.25) is 4.79 Å². The molecule has 2 unspecified atom stereocenters. The molecule has 0 amide bonds. The van der Waals surface area contributed by atoms with Crippen LogP contribution >= 0.6 is 0 Å². The maximum absolute atomic E-state index is 11.0. The molecule has 0 saturated heterocycles. The molecule has 2 rings (SSSR count). The van der Waals surface area contributed by atoms with Crippen molar-refractivity contribution in [3.05, 3.63) is 11.4 Å². The van der Waals surface area contributed by atoms with Gasteiger partial charge in [-0.2, -0.15) is 15.0 Å². The fourth-order valence-corrected chi connectivity index (χ4v) is 2.21. The van der Waals surface area contributed by atoms with Gasteiger partial charge in [0.1, 0.15) is 0 Å². The van der Waals surface area contributed by atoms with E-state index in [2.05, 4.69) is 10.2 Å². The summed E-state index contributed by atoms with van der Waals surface area (Å²) in [5.74, 6) is -1.10. The zero-order valence-corrected chi connectivity index (χ0v) is 8.97. The highest BCUT2D eigenvalue weighted by molar-refractivity contribution is 5.70. The van der Waals surface area contributed by atoms with Crippen molar-refractivity contribution in [2.75, 3.05) is 0 Å². The molecule has 5 nitrogen and oxygen atoms in total. The SMILES string of the molecule is CC(C(=O)O)C1CCCc2nn(C)nc21. The van der Waals surface area contributed by atoms with E-state index in [-0.39, 0.29) is 11.8 Å². The van der Waals surface area contributed by atoms with E-state index in [1.807, 2.05) is 0 Å². The minimum atomic E-state index is -0.751. The summed E-state index contributed by atoms with van der Waals surface area (Å²) in [6.45, 7) is 1.75. The van der Waals surface area contributed by atoms with Gasteiger partial charge in [-0.25, -0.2) is 0 Å². The third kappa shape index (κ3) is 1.73. The second-order valence-electron chi connectivity index (χ2n) is 4.15. The molecule has 0 bridgehead atoms. The number of hydrogen-bond acceptors (Lipinski definition) is 3. The minimum absolute atomic E-state index is 0.0277. The summed E-state index contributed by atoms with van der Waals surface area (Å²) in [5.41, 5.74) is 1.86. The van der Waals surface area contributed by atoms with Crippen molar-refractivity contribution in [2.45, 2.75) is 32.1 Å². The van der Waals surface area contributed by atoms with Gasteiger partial charge in [0, 0.05) is 13.0 Å². The predicted octanol–water partition coefficient (Wildman–Crippen LogP) is 0.956. The van der Waals surface area contributed by atoms with Crippen LogP contribution in [0.4, 0.5) is 0 Å². The van der Waals surface area contributed by atoms with E-state index in [4.69, 9.17) is 5.11 Å². The Morgan fingerprint density at radius 1 is 1.60 bits per heavy atom. The molecule has 1 aromatic rings. The smallest absolute Gasteiger partial charge is 0.306 e. The summed E-state index contributed by atoms with van der Waals surface area (Å²) in [5, 5.41) is 17.5. The summed E-state index contributed by atoms with van der Waals surface area (Å²) >= 11 is 0. The van der Waals surface area contributed by atoms with Crippen molar-refractivity contribution < 1.29 is 9.90 Å².